The summed E-state index contributed by atoms with van der Waals surface area (Å²) in [6.45, 7) is 7.33. The Labute approximate surface area is 119 Å². The number of benzene rings is 1. The number of likely N-dealkylation sites (N-methyl/N-ethyl adjacent to an activating group) is 1. The van der Waals surface area contributed by atoms with Crippen molar-refractivity contribution in [2.45, 2.75) is 33.2 Å². The third-order valence-corrected chi connectivity index (χ3v) is 3.99. The van der Waals surface area contributed by atoms with Crippen molar-refractivity contribution in [3.63, 3.8) is 0 Å². The molecule has 0 aromatic heterocycles. The van der Waals surface area contributed by atoms with Crippen molar-refractivity contribution < 1.29 is 4.79 Å². The standard InChI is InChI=1S/C15H22BrNO/c1-5-11(2)10-17(4)12(3)15(18)13-6-8-14(16)9-7-13/h6-9,11-12H,5,10H2,1-4H3. The molecule has 0 aliphatic heterocycles. The first-order valence-electron chi connectivity index (χ1n) is 6.45. The number of Topliss-reactive ketones (excluding diaryl/α,β-unsaturated/α-hetero) is 1. The van der Waals surface area contributed by atoms with Gasteiger partial charge in [-0.1, -0.05) is 48.3 Å². The second-order valence-corrected chi connectivity index (χ2v) is 5.92. The summed E-state index contributed by atoms with van der Waals surface area (Å²) < 4.78 is 1.000. The lowest BCUT2D eigenvalue weighted by atomic mass is 10.0. The fourth-order valence-corrected chi connectivity index (χ4v) is 2.10. The summed E-state index contributed by atoms with van der Waals surface area (Å²) in [7, 11) is 2.02. The van der Waals surface area contributed by atoms with Crippen molar-refractivity contribution in [3.05, 3.63) is 34.3 Å². The molecule has 1 aromatic carbocycles. The van der Waals surface area contributed by atoms with E-state index in [-0.39, 0.29) is 11.8 Å². The highest BCUT2D eigenvalue weighted by atomic mass is 79.9. The number of ketones is 1. The Balaban J connectivity index is 2.68. The second kappa shape index (κ2) is 7.05. The summed E-state index contributed by atoms with van der Waals surface area (Å²) >= 11 is 3.38. The van der Waals surface area contributed by atoms with Crippen molar-refractivity contribution >= 4 is 21.7 Å². The van der Waals surface area contributed by atoms with E-state index in [2.05, 4.69) is 34.7 Å². The normalized spacial score (nSPS) is 14.6. The van der Waals surface area contributed by atoms with Gasteiger partial charge >= 0.3 is 0 Å². The third-order valence-electron chi connectivity index (χ3n) is 3.47. The zero-order valence-electron chi connectivity index (χ0n) is 11.6. The monoisotopic (exact) mass is 311 g/mol. The van der Waals surface area contributed by atoms with Crippen LogP contribution in [-0.2, 0) is 0 Å². The quantitative estimate of drug-likeness (QED) is 0.740. The minimum absolute atomic E-state index is 0.0693. The zero-order valence-corrected chi connectivity index (χ0v) is 13.2. The molecule has 100 valence electrons. The Morgan fingerprint density at radius 1 is 1.28 bits per heavy atom. The molecule has 0 radical (unpaired) electrons. The van der Waals surface area contributed by atoms with Crippen molar-refractivity contribution in [2.24, 2.45) is 5.92 Å². The summed E-state index contributed by atoms with van der Waals surface area (Å²) in [5, 5.41) is 0. The number of rotatable bonds is 6. The smallest absolute Gasteiger partial charge is 0.179 e. The molecule has 2 unspecified atom stereocenters. The predicted octanol–water partition coefficient (Wildman–Crippen LogP) is 4.00. The van der Waals surface area contributed by atoms with Crippen LogP contribution in [0, 0.1) is 5.92 Å². The molecule has 1 aromatic rings. The van der Waals surface area contributed by atoms with E-state index in [9.17, 15) is 4.79 Å². The second-order valence-electron chi connectivity index (χ2n) is 5.00. The van der Waals surface area contributed by atoms with Gasteiger partial charge in [-0.2, -0.15) is 0 Å². The van der Waals surface area contributed by atoms with Crippen LogP contribution >= 0.6 is 15.9 Å². The van der Waals surface area contributed by atoms with Crippen LogP contribution in [-0.4, -0.2) is 30.3 Å². The van der Waals surface area contributed by atoms with E-state index in [4.69, 9.17) is 0 Å². The van der Waals surface area contributed by atoms with Gasteiger partial charge in [0.05, 0.1) is 6.04 Å². The molecule has 2 nitrogen and oxygen atoms in total. The van der Waals surface area contributed by atoms with Crippen molar-refractivity contribution in [1.29, 1.82) is 0 Å². The Bertz CT molecular complexity index is 388. The molecule has 0 fully saturated rings. The van der Waals surface area contributed by atoms with Crippen LogP contribution < -0.4 is 0 Å². The van der Waals surface area contributed by atoms with Crippen LogP contribution in [0.15, 0.2) is 28.7 Å². The van der Waals surface area contributed by atoms with Gasteiger partial charge in [0.2, 0.25) is 0 Å². The maximum atomic E-state index is 12.3. The molecule has 0 spiro atoms. The molecular weight excluding hydrogens is 290 g/mol. The Morgan fingerprint density at radius 3 is 2.33 bits per heavy atom. The first-order chi connectivity index (χ1) is 8.45. The first-order valence-corrected chi connectivity index (χ1v) is 7.25. The zero-order chi connectivity index (χ0) is 13.7. The number of hydrogen-bond donors (Lipinski definition) is 0. The molecule has 1 rings (SSSR count). The number of nitrogens with zero attached hydrogens (tertiary/aromatic N) is 1. The van der Waals surface area contributed by atoms with Crippen LogP contribution in [0.3, 0.4) is 0 Å². The highest BCUT2D eigenvalue weighted by molar-refractivity contribution is 9.10. The number of carbonyl (C=O) groups is 1. The lowest BCUT2D eigenvalue weighted by Crippen LogP contribution is -2.38. The third kappa shape index (κ3) is 4.21. The molecule has 0 bridgehead atoms. The van der Waals surface area contributed by atoms with Gasteiger partial charge in [0.25, 0.3) is 0 Å². The van der Waals surface area contributed by atoms with E-state index in [0.717, 1.165) is 23.0 Å². The molecule has 0 aliphatic rings. The lowest BCUT2D eigenvalue weighted by Gasteiger charge is -2.26. The lowest BCUT2D eigenvalue weighted by molar-refractivity contribution is 0.0854. The predicted molar refractivity (Wildman–Crippen MR) is 80.0 cm³/mol. The van der Waals surface area contributed by atoms with E-state index < -0.39 is 0 Å². The Hall–Kier alpha value is -0.670. The molecule has 3 heteroatoms. The topological polar surface area (TPSA) is 20.3 Å². The molecule has 0 saturated heterocycles. The van der Waals surface area contributed by atoms with E-state index in [1.54, 1.807) is 0 Å². The minimum Gasteiger partial charge on any atom is -0.296 e. The van der Waals surface area contributed by atoms with E-state index in [0.29, 0.717) is 5.92 Å². The average molecular weight is 312 g/mol. The Kier molecular flexibility index (Phi) is 6.03. The van der Waals surface area contributed by atoms with Crippen LogP contribution in [0.25, 0.3) is 0 Å². The molecule has 2 atom stereocenters. The SMILES string of the molecule is CCC(C)CN(C)C(C)C(=O)c1ccc(Br)cc1. The van der Waals surface area contributed by atoms with Gasteiger partial charge in [0.15, 0.2) is 5.78 Å². The molecule has 18 heavy (non-hydrogen) atoms. The van der Waals surface area contributed by atoms with Gasteiger partial charge in [-0.05, 0) is 32.0 Å². The van der Waals surface area contributed by atoms with E-state index in [1.807, 2.05) is 38.2 Å². The summed E-state index contributed by atoms with van der Waals surface area (Å²) in [5.74, 6) is 0.809. The van der Waals surface area contributed by atoms with Gasteiger partial charge < -0.3 is 0 Å². The molecule has 0 heterocycles. The fraction of sp³-hybridized carbons (Fsp3) is 0.533. The molecule has 0 saturated carbocycles. The van der Waals surface area contributed by atoms with Crippen LogP contribution in [0.2, 0.25) is 0 Å². The highest BCUT2D eigenvalue weighted by Crippen LogP contribution is 2.14. The van der Waals surface area contributed by atoms with E-state index in [1.165, 1.54) is 0 Å². The van der Waals surface area contributed by atoms with Gasteiger partial charge in [-0.15, -0.1) is 0 Å². The van der Waals surface area contributed by atoms with Gasteiger partial charge in [0, 0.05) is 16.6 Å². The highest BCUT2D eigenvalue weighted by Gasteiger charge is 2.20. The summed E-state index contributed by atoms with van der Waals surface area (Å²) in [6, 6.07) is 7.50. The molecule has 0 N–H and O–H groups in total. The summed E-state index contributed by atoms with van der Waals surface area (Å²) in [4.78, 5) is 14.4. The molecular formula is C15H22BrNO. The van der Waals surface area contributed by atoms with Gasteiger partial charge in [-0.25, -0.2) is 0 Å². The number of carbonyl (C=O) groups excluding carboxylic acids is 1. The summed E-state index contributed by atoms with van der Waals surface area (Å²) in [5.41, 5.74) is 0.779. The van der Waals surface area contributed by atoms with Gasteiger partial charge in [-0.3, -0.25) is 9.69 Å². The fourth-order valence-electron chi connectivity index (χ4n) is 1.83. The van der Waals surface area contributed by atoms with Gasteiger partial charge in [0.1, 0.15) is 0 Å². The summed E-state index contributed by atoms with van der Waals surface area (Å²) in [6.07, 6.45) is 1.14. The van der Waals surface area contributed by atoms with Crippen LogP contribution in [0.4, 0.5) is 0 Å². The maximum Gasteiger partial charge on any atom is 0.179 e. The largest absolute Gasteiger partial charge is 0.296 e. The first kappa shape index (κ1) is 15.4. The van der Waals surface area contributed by atoms with Crippen molar-refractivity contribution in [3.8, 4) is 0 Å². The average Bonchev–Trinajstić information content (AvgIpc) is 2.37. The Morgan fingerprint density at radius 2 is 1.83 bits per heavy atom. The van der Waals surface area contributed by atoms with E-state index >= 15 is 0 Å². The number of halogens is 1. The minimum atomic E-state index is -0.0693. The number of hydrogen-bond acceptors (Lipinski definition) is 2. The maximum absolute atomic E-state index is 12.3. The van der Waals surface area contributed by atoms with Crippen molar-refractivity contribution in [2.75, 3.05) is 13.6 Å². The van der Waals surface area contributed by atoms with Crippen LogP contribution in [0.5, 0.6) is 0 Å². The molecule has 0 aliphatic carbocycles. The van der Waals surface area contributed by atoms with Crippen molar-refractivity contribution in [1.82, 2.24) is 4.90 Å². The van der Waals surface area contributed by atoms with Crippen LogP contribution in [0.1, 0.15) is 37.6 Å². The molecule has 0 amide bonds.